The molecule has 4 nitrogen and oxygen atoms in total. The molecule has 1 unspecified atom stereocenters. The van der Waals surface area contributed by atoms with Crippen LogP contribution in [0.5, 0.6) is 0 Å². The molecule has 1 N–H and O–H groups in total. The summed E-state index contributed by atoms with van der Waals surface area (Å²) in [6.07, 6.45) is 7.13. The van der Waals surface area contributed by atoms with Crippen LogP contribution in [0, 0.1) is 5.41 Å². The minimum Gasteiger partial charge on any atom is -0.549 e. The summed E-state index contributed by atoms with van der Waals surface area (Å²) >= 11 is 0. The lowest BCUT2D eigenvalue weighted by molar-refractivity contribution is -0.958. The fourth-order valence-corrected chi connectivity index (χ4v) is 3.80. The number of rotatable bonds is 14. The number of carboxylic acid groups (broad SMARTS) is 1. The standard InChI is InChI=1S/C19H39NO3/c1-6-9-13-20(14-10-7-2,15-11-8-3)17(12-16-21)19(4,5)18(22)23/h17,21H,6-16H2,1-5H3. The van der Waals surface area contributed by atoms with E-state index in [9.17, 15) is 15.0 Å². The molecule has 0 spiro atoms. The highest BCUT2D eigenvalue weighted by Gasteiger charge is 2.45. The highest BCUT2D eigenvalue weighted by Crippen LogP contribution is 2.34. The molecule has 0 amide bonds. The van der Waals surface area contributed by atoms with Gasteiger partial charge in [-0.05, 0) is 33.1 Å². The minimum atomic E-state index is -0.997. The normalized spacial score (nSPS) is 14.0. The van der Waals surface area contributed by atoms with E-state index in [4.69, 9.17) is 0 Å². The summed E-state index contributed by atoms with van der Waals surface area (Å²) in [6.45, 7) is 13.1. The lowest BCUT2D eigenvalue weighted by Crippen LogP contribution is -2.65. The molecular formula is C19H39NO3. The average molecular weight is 330 g/mol. The summed E-state index contributed by atoms with van der Waals surface area (Å²) in [5, 5.41) is 21.4. The van der Waals surface area contributed by atoms with Crippen molar-refractivity contribution in [1.82, 2.24) is 0 Å². The highest BCUT2D eigenvalue weighted by molar-refractivity contribution is 5.72. The van der Waals surface area contributed by atoms with E-state index in [0.717, 1.165) is 62.6 Å². The molecule has 0 aliphatic rings. The summed E-state index contributed by atoms with van der Waals surface area (Å²) in [5.41, 5.74) is -0.933. The Balaban J connectivity index is 5.76. The number of nitrogens with zero attached hydrogens (tertiary/aromatic N) is 1. The van der Waals surface area contributed by atoms with Gasteiger partial charge in [-0.15, -0.1) is 0 Å². The van der Waals surface area contributed by atoms with Crippen molar-refractivity contribution in [1.29, 1.82) is 0 Å². The Morgan fingerprint density at radius 2 is 1.39 bits per heavy atom. The van der Waals surface area contributed by atoms with Crippen molar-refractivity contribution >= 4 is 5.97 Å². The number of aliphatic hydroxyl groups is 1. The molecule has 0 aliphatic carbocycles. The van der Waals surface area contributed by atoms with Gasteiger partial charge in [0.2, 0.25) is 0 Å². The lowest BCUT2D eigenvalue weighted by Gasteiger charge is -2.51. The number of carbonyl (C=O) groups is 1. The van der Waals surface area contributed by atoms with Gasteiger partial charge < -0.3 is 19.5 Å². The van der Waals surface area contributed by atoms with Crippen LogP contribution in [0.2, 0.25) is 0 Å². The quantitative estimate of drug-likeness (QED) is 0.499. The van der Waals surface area contributed by atoms with Gasteiger partial charge in [0, 0.05) is 13.0 Å². The molecule has 0 aliphatic heterocycles. The Kier molecular flexibility index (Phi) is 10.7. The highest BCUT2D eigenvalue weighted by atomic mass is 16.4. The van der Waals surface area contributed by atoms with Crippen LogP contribution in [0.3, 0.4) is 0 Å². The smallest absolute Gasteiger partial charge is 0.102 e. The van der Waals surface area contributed by atoms with Crippen molar-refractivity contribution in [3.63, 3.8) is 0 Å². The zero-order valence-electron chi connectivity index (χ0n) is 16.1. The van der Waals surface area contributed by atoms with Crippen LogP contribution in [-0.2, 0) is 4.79 Å². The van der Waals surface area contributed by atoms with Crippen LogP contribution in [-0.4, -0.2) is 47.8 Å². The summed E-state index contributed by atoms with van der Waals surface area (Å²) in [5.74, 6) is -0.997. The number of hydrogen-bond donors (Lipinski definition) is 1. The summed E-state index contributed by atoms with van der Waals surface area (Å²) in [6, 6.07) is -0.0952. The van der Waals surface area contributed by atoms with Crippen LogP contribution in [0.1, 0.15) is 79.6 Å². The predicted molar refractivity (Wildman–Crippen MR) is 93.9 cm³/mol. The van der Waals surface area contributed by atoms with E-state index in [2.05, 4.69) is 20.8 Å². The van der Waals surface area contributed by atoms with Gasteiger partial charge in [-0.3, -0.25) is 0 Å². The lowest BCUT2D eigenvalue weighted by atomic mass is 9.79. The van der Waals surface area contributed by atoms with E-state index < -0.39 is 11.4 Å². The molecule has 23 heavy (non-hydrogen) atoms. The van der Waals surface area contributed by atoms with Crippen LogP contribution in [0.15, 0.2) is 0 Å². The van der Waals surface area contributed by atoms with Crippen molar-refractivity contribution < 1.29 is 19.5 Å². The number of hydrogen-bond acceptors (Lipinski definition) is 3. The van der Waals surface area contributed by atoms with Gasteiger partial charge in [0.25, 0.3) is 0 Å². The number of aliphatic carboxylic acids is 1. The molecule has 0 fully saturated rings. The van der Waals surface area contributed by atoms with Crippen molar-refractivity contribution in [3.8, 4) is 0 Å². The zero-order valence-corrected chi connectivity index (χ0v) is 16.1. The second-order valence-corrected chi connectivity index (χ2v) is 7.49. The second-order valence-electron chi connectivity index (χ2n) is 7.49. The van der Waals surface area contributed by atoms with Crippen molar-refractivity contribution in [2.45, 2.75) is 85.6 Å². The average Bonchev–Trinajstić information content (AvgIpc) is 2.52. The van der Waals surface area contributed by atoms with Crippen LogP contribution in [0.25, 0.3) is 0 Å². The van der Waals surface area contributed by atoms with E-state index >= 15 is 0 Å². The van der Waals surface area contributed by atoms with Crippen molar-refractivity contribution in [2.24, 2.45) is 5.41 Å². The van der Waals surface area contributed by atoms with Crippen LogP contribution >= 0.6 is 0 Å². The molecule has 0 bridgehead atoms. The van der Waals surface area contributed by atoms with E-state index in [1.54, 1.807) is 13.8 Å². The third-order valence-electron chi connectivity index (χ3n) is 5.29. The fraction of sp³-hybridized carbons (Fsp3) is 0.947. The maximum absolute atomic E-state index is 11.8. The van der Waals surface area contributed by atoms with Gasteiger partial charge >= 0.3 is 0 Å². The van der Waals surface area contributed by atoms with Gasteiger partial charge in [-0.1, -0.05) is 40.0 Å². The zero-order chi connectivity index (χ0) is 17.9. The van der Waals surface area contributed by atoms with Gasteiger partial charge in [-0.25, -0.2) is 0 Å². The maximum Gasteiger partial charge on any atom is 0.102 e. The summed E-state index contributed by atoms with van der Waals surface area (Å²) in [7, 11) is 0. The summed E-state index contributed by atoms with van der Waals surface area (Å²) in [4.78, 5) is 11.8. The minimum absolute atomic E-state index is 0.0335. The first kappa shape index (κ1) is 22.4. The number of unbranched alkanes of at least 4 members (excludes halogenated alkanes) is 3. The molecule has 0 aromatic carbocycles. The topological polar surface area (TPSA) is 60.4 Å². The molecule has 4 heteroatoms. The SMILES string of the molecule is CCCC[N+](CCCC)(CCCC)C(CCO)C(C)(C)C(=O)[O-]. The molecule has 1 atom stereocenters. The Morgan fingerprint density at radius 1 is 1.00 bits per heavy atom. The molecule has 0 aromatic rings. The monoisotopic (exact) mass is 329 g/mol. The third kappa shape index (κ3) is 6.42. The Morgan fingerprint density at radius 3 is 1.65 bits per heavy atom. The number of aliphatic hydroxyl groups excluding tert-OH is 1. The molecule has 0 rings (SSSR count). The van der Waals surface area contributed by atoms with E-state index in [1.165, 1.54) is 0 Å². The first-order chi connectivity index (χ1) is 10.8. The van der Waals surface area contributed by atoms with E-state index in [1.807, 2.05) is 0 Å². The maximum atomic E-state index is 11.8. The Labute approximate surface area is 143 Å². The fourth-order valence-electron chi connectivity index (χ4n) is 3.80. The predicted octanol–water partition coefficient (Wildman–Crippen LogP) is 2.73. The molecule has 0 saturated heterocycles. The van der Waals surface area contributed by atoms with Crippen molar-refractivity contribution in [3.05, 3.63) is 0 Å². The number of carbonyl (C=O) groups excluding carboxylic acids is 1. The van der Waals surface area contributed by atoms with Crippen LogP contribution in [0.4, 0.5) is 0 Å². The molecule has 0 saturated carbocycles. The van der Waals surface area contributed by atoms with Crippen molar-refractivity contribution in [2.75, 3.05) is 26.2 Å². The van der Waals surface area contributed by atoms with Gasteiger partial charge in [0.1, 0.15) is 6.04 Å². The molecule has 138 valence electrons. The van der Waals surface area contributed by atoms with Crippen LogP contribution < -0.4 is 5.11 Å². The van der Waals surface area contributed by atoms with Gasteiger partial charge in [-0.2, -0.15) is 0 Å². The number of carboxylic acids is 1. The van der Waals surface area contributed by atoms with Gasteiger partial charge in [0.05, 0.1) is 31.0 Å². The first-order valence-corrected chi connectivity index (χ1v) is 9.50. The Hall–Kier alpha value is -0.610. The molecule has 0 radical (unpaired) electrons. The second kappa shape index (κ2) is 11.0. The largest absolute Gasteiger partial charge is 0.549 e. The third-order valence-corrected chi connectivity index (χ3v) is 5.29. The van der Waals surface area contributed by atoms with E-state index in [0.29, 0.717) is 6.42 Å². The summed E-state index contributed by atoms with van der Waals surface area (Å²) < 4.78 is 0.817. The molecular weight excluding hydrogens is 290 g/mol. The number of quaternary nitrogens is 1. The molecule has 0 heterocycles. The first-order valence-electron chi connectivity index (χ1n) is 9.50. The van der Waals surface area contributed by atoms with Gasteiger partial charge in [0.15, 0.2) is 0 Å². The molecule has 0 aromatic heterocycles. The van der Waals surface area contributed by atoms with E-state index in [-0.39, 0.29) is 12.6 Å². The Bertz CT molecular complexity index is 307.